The molecule has 1 saturated heterocycles. The predicted molar refractivity (Wildman–Crippen MR) is 66.7 cm³/mol. The van der Waals surface area contributed by atoms with Gasteiger partial charge in [0, 0.05) is 17.9 Å². The second-order valence-corrected chi connectivity index (χ2v) is 6.25. The van der Waals surface area contributed by atoms with E-state index < -0.39 is 0 Å². The summed E-state index contributed by atoms with van der Waals surface area (Å²) in [7, 11) is 0. The zero-order valence-corrected chi connectivity index (χ0v) is 10.9. The standard InChI is InChI=1S/C15H18O3/c1-8-4-10(16)6-15(3)7-13-11(5-12(8)15)9(2)14(17)18-13/h4,11-13H,2,5-7H2,1,3H3/t11-,12-,13-,15-/m1/s1. The van der Waals surface area contributed by atoms with Crippen LogP contribution >= 0.6 is 0 Å². The zero-order chi connectivity index (χ0) is 13.1. The molecule has 0 aromatic carbocycles. The van der Waals surface area contributed by atoms with Crippen molar-refractivity contribution in [1.29, 1.82) is 0 Å². The first-order valence-corrected chi connectivity index (χ1v) is 6.51. The molecule has 96 valence electrons. The van der Waals surface area contributed by atoms with E-state index in [0.717, 1.165) is 18.4 Å². The van der Waals surface area contributed by atoms with Gasteiger partial charge in [0.05, 0.1) is 0 Å². The van der Waals surface area contributed by atoms with E-state index in [4.69, 9.17) is 4.74 Å². The van der Waals surface area contributed by atoms with Crippen LogP contribution < -0.4 is 0 Å². The molecule has 4 atom stereocenters. The number of esters is 1. The van der Waals surface area contributed by atoms with Crippen molar-refractivity contribution >= 4 is 11.8 Å². The highest BCUT2D eigenvalue weighted by atomic mass is 16.6. The Kier molecular flexibility index (Phi) is 2.31. The highest BCUT2D eigenvalue weighted by Crippen LogP contribution is 2.54. The first kappa shape index (κ1) is 11.7. The van der Waals surface area contributed by atoms with Crippen LogP contribution in [0.3, 0.4) is 0 Å². The molecule has 0 aromatic rings. The van der Waals surface area contributed by atoms with E-state index in [1.165, 1.54) is 0 Å². The minimum Gasteiger partial charge on any atom is -0.458 e. The molecule has 0 aromatic heterocycles. The van der Waals surface area contributed by atoms with E-state index in [1.807, 2.05) is 6.92 Å². The molecule has 0 radical (unpaired) electrons. The minimum atomic E-state index is -0.250. The van der Waals surface area contributed by atoms with Gasteiger partial charge >= 0.3 is 5.97 Å². The average Bonchev–Trinajstić information content (AvgIpc) is 2.50. The summed E-state index contributed by atoms with van der Waals surface area (Å²) in [5.41, 5.74) is 1.72. The maximum atomic E-state index is 11.8. The van der Waals surface area contributed by atoms with Crippen LogP contribution in [-0.2, 0) is 14.3 Å². The maximum Gasteiger partial charge on any atom is 0.334 e. The molecule has 0 N–H and O–H groups in total. The molecule has 3 aliphatic rings. The maximum absolute atomic E-state index is 11.8. The van der Waals surface area contributed by atoms with Gasteiger partial charge in [0.15, 0.2) is 5.78 Å². The Morgan fingerprint density at radius 3 is 2.89 bits per heavy atom. The van der Waals surface area contributed by atoms with Crippen molar-refractivity contribution in [3.63, 3.8) is 0 Å². The highest BCUT2D eigenvalue weighted by molar-refractivity contribution is 5.93. The summed E-state index contributed by atoms with van der Waals surface area (Å²) in [6, 6.07) is 0. The quantitative estimate of drug-likeness (QED) is 0.487. The summed E-state index contributed by atoms with van der Waals surface area (Å²) in [6.07, 6.45) is 3.95. The van der Waals surface area contributed by atoms with Crippen LogP contribution in [0, 0.1) is 17.3 Å². The number of rotatable bonds is 0. The van der Waals surface area contributed by atoms with Crippen LogP contribution in [0.1, 0.15) is 33.1 Å². The van der Waals surface area contributed by atoms with E-state index in [9.17, 15) is 9.59 Å². The summed E-state index contributed by atoms with van der Waals surface area (Å²) in [5.74, 6) is 0.475. The van der Waals surface area contributed by atoms with Crippen LogP contribution in [0.5, 0.6) is 0 Å². The summed E-state index contributed by atoms with van der Waals surface area (Å²) in [6.45, 7) is 8.04. The van der Waals surface area contributed by atoms with Crippen LogP contribution in [0.4, 0.5) is 0 Å². The topological polar surface area (TPSA) is 43.4 Å². The molecule has 2 fully saturated rings. The first-order valence-electron chi connectivity index (χ1n) is 6.51. The Morgan fingerprint density at radius 1 is 1.44 bits per heavy atom. The molecule has 3 nitrogen and oxygen atoms in total. The Morgan fingerprint density at radius 2 is 2.17 bits per heavy atom. The Labute approximate surface area is 107 Å². The molecular weight excluding hydrogens is 228 g/mol. The van der Waals surface area contributed by atoms with Crippen LogP contribution in [-0.4, -0.2) is 17.9 Å². The second kappa shape index (κ2) is 3.56. The third-order valence-corrected chi connectivity index (χ3v) is 4.93. The van der Waals surface area contributed by atoms with E-state index in [0.29, 0.717) is 17.9 Å². The van der Waals surface area contributed by atoms with Crippen molar-refractivity contribution in [2.75, 3.05) is 0 Å². The lowest BCUT2D eigenvalue weighted by Crippen LogP contribution is -2.44. The molecule has 0 bridgehead atoms. The highest BCUT2D eigenvalue weighted by Gasteiger charge is 2.53. The minimum absolute atomic E-state index is 0.0536. The first-order chi connectivity index (χ1) is 8.40. The van der Waals surface area contributed by atoms with Crippen molar-refractivity contribution in [3.8, 4) is 0 Å². The normalized spacial score (nSPS) is 43.1. The smallest absolute Gasteiger partial charge is 0.334 e. The lowest BCUT2D eigenvalue weighted by molar-refractivity contribution is -0.142. The third-order valence-electron chi connectivity index (χ3n) is 4.93. The molecule has 3 heteroatoms. The molecule has 2 aliphatic carbocycles. The van der Waals surface area contributed by atoms with Crippen molar-refractivity contribution in [2.24, 2.45) is 17.3 Å². The van der Waals surface area contributed by atoms with Gasteiger partial charge in [-0.15, -0.1) is 0 Å². The number of ether oxygens (including phenoxy) is 1. The number of carbonyl (C=O) groups is 2. The average molecular weight is 246 g/mol. The fraction of sp³-hybridized carbons (Fsp3) is 0.600. The number of hydrogen-bond acceptors (Lipinski definition) is 3. The van der Waals surface area contributed by atoms with Gasteiger partial charge in [-0.1, -0.05) is 19.1 Å². The van der Waals surface area contributed by atoms with E-state index in [-0.39, 0.29) is 29.2 Å². The van der Waals surface area contributed by atoms with Gasteiger partial charge in [-0.25, -0.2) is 4.79 Å². The monoisotopic (exact) mass is 246 g/mol. The van der Waals surface area contributed by atoms with Crippen molar-refractivity contribution in [1.82, 2.24) is 0 Å². The van der Waals surface area contributed by atoms with Gasteiger partial charge in [0.1, 0.15) is 6.10 Å². The van der Waals surface area contributed by atoms with E-state index in [1.54, 1.807) is 6.08 Å². The van der Waals surface area contributed by atoms with Gasteiger partial charge in [-0.05, 0) is 37.2 Å². The fourth-order valence-electron chi connectivity index (χ4n) is 4.02. The molecule has 1 saturated carbocycles. The van der Waals surface area contributed by atoms with Crippen LogP contribution in [0.15, 0.2) is 23.8 Å². The molecule has 1 heterocycles. The van der Waals surface area contributed by atoms with E-state index in [2.05, 4.69) is 13.5 Å². The van der Waals surface area contributed by atoms with Gasteiger partial charge in [0.2, 0.25) is 0 Å². The number of fused-ring (bicyclic) bond motifs is 2. The number of allylic oxidation sites excluding steroid dienone is 2. The van der Waals surface area contributed by atoms with Crippen molar-refractivity contribution < 1.29 is 14.3 Å². The zero-order valence-electron chi connectivity index (χ0n) is 10.9. The van der Waals surface area contributed by atoms with Crippen LogP contribution in [0.2, 0.25) is 0 Å². The molecule has 3 rings (SSSR count). The predicted octanol–water partition coefficient (Wildman–Crippen LogP) is 2.42. The number of hydrogen-bond donors (Lipinski definition) is 0. The largest absolute Gasteiger partial charge is 0.458 e. The summed E-state index contributed by atoms with van der Waals surface area (Å²) < 4.78 is 5.39. The molecule has 0 amide bonds. The lowest BCUT2D eigenvalue weighted by atomic mass is 9.57. The van der Waals surface area contributed by atoms with Gasteiger partial charge < -0.3 is 4.74 Å². The fourth-order valence-corrected chi connectivity index (χ4v) is 4.02. The Bertz CT molecular complexity index is 488. The van der Waals surface area contributed by atoms with Gasteiger partial charge in [-0.2, -0.15) is 0 Å². The van der Waals surface area contributed by atoms with Gasteiger partial charge in [0.25, 0.3) is 0 Å². The number of ketones is 1. The van der Waals surface area contributed by atoms with Crippen molar-refractivity contribution in [2.45, 2.75) is 39.2 Å². The van der Waals surface area contributed by atoms with Gasteiger partial charge in [-0.3, -0.25) is 4.79 Å². The SMILES string of the molecule is C=C1C(=O)O[C@@H]2C[C@@]3(C)CC(=O)C=C(C)[C@H]3C[C@H]12. The molecule has 1 aliphatic heterocycles. The summed E-state index contributed by atoms with van der Waals surface area (Å²) in [5, 5.41) is 0. The lowest BCUT2D eigenvalue weighted by Gasteiger charge is -2.47. The van der Waals surface area contributed by atoms with Crippen LogP contribution in [0.25, 0.3) is 0 Å². The third kappa shape index (κ3) is 1.49. The second-order valence-electron chi connectivity index (χ2n) is 6.25. The summed E-state index contributed by atoms with van der Waals surface area (Å²) in [4.78, 5) is 23.3. The molecular formula is C15H18O3. The Hall–Kier alpha value is -1.38. The molecule has 18 heavy (non-hydrogen) atoms. The molecule has 0 spiro atoms. The molecule has 0 unspecified atom stereocenters. The summed E-state index contributed by atoms with van der Waals surface area (Å²) >= 11 is 0. The van der Waals surface area contributed by atoms with E-state index >= 15 is 0 Å². The number of carbonyl (C=O) groups excluding carboxylic acids is 2. The Balaban J connectivity index is 1.96. The van der Waals surface area contributed by atoms with Crippen molar-refractivity contribution in [3.05, 3.63) is 23.8 Å².